The molecule has 16 rings (SSSR count). The van der Waals surface area contributed by atoms with Crippen molar-refractivity contribution in [3.63, 3.8) is 0 Å². The Labute approximate surface area is 761 Å². The minimum atomic E-state index is -3.06. The first-order chi connectivity index (χ1) is 63.5. The average Bonchev–Trinajstić information content (AvgIpc) is 1.65. The van der Waals surface area contributed by atoms with Crippen LogP contribution in [0, 0.1) is 73.7 Å². The van der Waals surface area contributed by atoms with E-state index in [2.05, 4.69) is 174 Å². The van der Waals surface area contributed by atoms with Gasteiger partial charge in [-0.2, -0.15) is 57.4 Å². The van der Waals surface area contributed by atoms with Crippen LogP contribution in [0.5, 0.6) is 0 Å². The third-order valence-electron chi connectivity index (χ3n) is 22.9. The number of rotatable bonds is 22. The highest BCUT2D eigenvalue weighted by molar-refractivity contribution is 7.00. The summed E-state index contributed by atoms with van der Waals surface area (Å²) in [6, 6.07) is 40.4. The summed E-state index contributed by atoms with van der Waals surface area (Å²) in [6.45, 7) is 16.8. The van der Waals surface area contributed by atoms with Crippen molar-refractivity contribution < 1.29 is 103 Å². The van der Waals surface area contributed by atoms with Gasteiger partial charge in [0.1, 0.15) is 31.0 Å². The first-order valence-electron chi connectivity index (χ1n) is 41.7. The molecule has 4 saturated heterocycles. The Hall–Kier alpha value is -13.9. The molecule has 4 fully saturated rings. The van der Waals surface area contributed by atoms with Gasteiger partial charge in [-0.05, 0) is 51.6 Å². The van der Waals surface area contributed by atoms with Gasteiger partial charge in [-0.15, -0.1) is 25.7 Å². The molecule has 0 aliphatic carbocycles. The summed E-state index contributed by atoms with van der Waals surface area (Å²) in [7, 11) is -6.01. The van der Waals surface area contributed by atoms with E-state index in [9.17, 15) is 47.3 Å². The fraction of sp³-hybridized carbons (Fsp3) is 0.382. The zero-order valence-corrected chi connectivity index (χ0v) is 75.5. The lowest BCUT2D eigenvalue weighted by molar-refractivity contribution is -0.0973. The number of hydrogen-bond donors (Lipinski definition) is 7. The minimum Gasteiger partial charge on any atom is -0.435 e. The number of benzene rings is 4. The van der Waals surface area contributed by atoms with E-state index in [1.54, 1.807) is 20.8 Å². The molecule has 0 saturated carbocycles. The van der Waals surface area contributed by atoms with E-state index < -0.39 is 144 Å². The van der Waals surface area contributed by atoms with Crippen LogP contribution in [0.25, 0.3) is 44.7 Å². The van der Waals surface area contributed by atoms with Crippen molar-refractivity contribution in [2.45, 2.75) is 170 Å². The SMILES string of the molecule is C#C[C@]1(CO)O[C@@H](n2cnc3c(N)nc(F)nc32)C[C@@H]1OC(=O)OCC.C#C[C@]1(CO)O[C@@H](n2cnc3c(N)nc(F)nc32)C[C@@H]1OC(=O)OCC.C#C[C@]1(CO[Si](c2ccccc2)(c2ccccc2)C(C)(C)C)O[C@@H](n2cnc3c(N)nc(F)nc32)C[C@@H]1O.C#C[C@]1(CO[Si](c2ccccc2)(c2ccccc2)C(C)(C)C)O[C@@H](n2cnc3c(N)nc(F)nc32)C[C@@H]1OC(=O)OCC. The molecule has 12 heterocycles. The van der Waals surface area contributed by atoms with E-state index >= 15 is 0 Å². The molecule has 8 aromatic heterocycles. The Balaban J connectivity index is 0.000000154. The van der Waals surface area contributed by atoms with Crippen molar-refractivity contribution in [2.75, 3.05) is 69.2 Å². The van der Waals surface area contributed by atoms with E-state index in [-0.39, 0.29) is 137 Å². The zero-order valence-electron chi connectivity index (χ0n) is 73.5. The molecule has 0 spiro atoms. The number of imidazole rings is 4. The molecular weight excluding hydrogens is 1770 g/mol. The Kier molecular flexibility index (Phi) is 28.8. The molecule has 11 N–H and O–H groups in total. The molecule has 12 atom stereocenters. The summed E-state index contributed by atoms with van der Waals surface area (Å²) in [5.74, 6) is 9.60. The number of nitrogen functional groups attached to an aromatic ring is 4. The van der Waals surface area contributed by atoms with E-state index in [0.29, 0.717) is 0 Å². The predicted molar refractivity (Wildman–Crippen MR) is 477 cm³/mol. The molecule has 0 radical (unpaired) electrons. The Morgan fingerprint density at radius 3 is 0.902 bits per heavy atom. The van der Waals surface area contributed by atoms with Crippen LogP contribution in [-0.2, 0) is 56.2 Å². The number of aliphatic hydroxyl groups excluding tert-OH is 3. The fourth-order valence-corrected chi connectivity index (χ4v) is 25.7. The maximum atomic E-state index is 14.2. The van der Waals surface area contributed by atoms with Crippen LogP contribution >= 0.6 is 0 Å². The number of fused-ring (bicyclic) bond motifs is 4. The lowest BCUT2D eigenvalue weighted by Crippen LogP contribution is -2.68. The van der Waals surface area contributed by atoms with Gasteiger partial charge in [0.2, 0.25) is 0 Å². The summed E-state index contributed by atoms with van der Waals surface area (Å²) in [5.41, 5.74) is 18.0. The van der Waals surface area contributed by atoms with Crippen molar-refractivity contribution in [2.24, 2.45) is 0 Å². The normalized spacial score (nSPS) is 22.8. The number of hydrogen-bond acceptors (Lipinski definition) is 34. The van der Waals surface area contributed by atoms with Gasteiger partial charge < -0.3 is 94.5 Å². The Morgan fingerprint density at radius 1 is 0.414 bits per heavy atom. The molecule has 4 aliphatic heterocycles. The Morgan fingerprint density at radius 2 is 0.654 bits per heavy atom. The number of aliphatic hydroxyl groups is 3. The van der Waals surface area contributed by atoms with Crippen LogP contribution in [0.2, 0.25) is 10.1 Å². The maximum absolute atomic E-state index is 14.2. The highest BCUT2D eigenvalue weighted by Gasteiger charge is 2.59. The van der Waals surface area contributed by atoms with E-state index in [4.69, 9.17) is 105 Å². The molecule has 4 aliphatic rings. The second-order valence-corrected chi connectivity index (χ2v) is 41.4. The molecular formula is C89H96F4N20O18Si2. The van der Waals surface area contributed by atoms with Crippen LogP contribution in [0.4, 0.5) is 55.2 Å². The van der Waals surface area contributed by atoms with Crippen molar-refractivity contribution in [3.05, 3.63) is 171 Å². The fourth-order valence-electron chi connectivity index (χ4n) is 16.5. The summed E-state index contributed by atoms with van der Waals surface area (Å²) in [5, 5.41) is 34.3. The number of nitrogens with zero attached hydrogens (tertiary/aromatic N) is 16. The van der Waals surface area contributed by atoms with Gasteiger partial charge in [0.05, 0.1) is 71.6 Å². The maximum Gasteiger partial charge on any atom is 0.508 e. The molecule has 4 aromatic carbocycles. The molecule has 12 aromatic rings. The quantitative estimate of drug-likeness (QED) is 0.00863. The first kappa shape index (κ1) is 96.7. The zero-order chi connectivity index (χ0) is 95.8. The van der Waals surface area contributed by atoms with E-state index in [1.165, 1.54) is 43.6 Å². The van der Waals surface area contributed by atoms with Crippen molar-refractivity contribution >= 4 is 124 Å². The lowest BCUT2D eigenvalue weighted by Gasteiger charge is -2.44. The summed E-state index contributed by atoms with van der Waals surface area (Å²) >= 11 is 0. The number of anilines is 4. The van der Waals surface area contributed by atoms with Crippen LogP contribution < -0.4 is 43.7 Å². The number of carbonyl (C=O) groups excluding carboxylic acids is 3. The molecule has 0 unspecified atom stereocenters. The second-order valence-electron chi connectivity index (χ2n) is 32.8. The highest BCUT2D eigenvalue weighted by atomic mass is 28.4. The topological polar surface area (TPSA) is 501 Å². The average molecular weight is 1870 g/mol. The van der Waals surface area contributed by atoms with Crippen molar-refractivity contribution in [1.82, 2.24) is 78.1 Å². The smallest absolute Gasteiger partial charge is 0.435 e. The third-order valence-corrected chi connectivity index (χ3v) is 32.8. The number of terminal acetylenes is 4. The molecule has 38 nitrogen and oxygen atoms in total. The van der Waals surface area contributed by atoms with E-state index in [0.717, 1.165) is 20.7 Å². The largest absolute Gasteiger partial charge is 0.508 e. The number of ether oxygens (including phenoxy) is 10. The first-order valence-corrected chi connectivity index (χ1v) is 45.5. The van der Waals surface area contributed by atoms with Crippen LogP contribution in [0.15, 0.2) is 147 Å². The molecule has 0 amide bonds. The van der Waals surface area contributed by atoms with Gasteiger partial charge in [-0.25, -0.2) is 34.3 Å². The highest BCUT2D eigenvalue weighted by Crippen LogP contribution is 2.47. The van der Waals surface area contributed by atoms with Gasteiger partial charge in [0.25, 0.3) is 16.6 Å². The van der Waals surface area contributed by atoms with Gasteiger partial charge in [0, 0.05) is 25.7 Å². The van der Waals surface area contributed by atoms with Crippen molar-refractivity contribution in [1.29, 1.82) is 0 Å². The number of nitrogens with two attached hydrogens (primary N) is 4. The van der Waals surface area contributed by atoms with Gasteiger partial charge in [0.15, 0.2) is 109 Å². The molecule has 0 bridgehead atoms. The lowest BCUT2D eigenvalue weighted by atomic mass is 9.99. The number of carbonyl (C=O) groups is 3. The van der Waals surface area contributed by atoms with Crippen LogP contribution in [-0.4, -0.2) is 222 Å². The van der Waals surface area contributed by atoms with Gasteiger partial charge in [-0.1, -0.05) is 187 Å². The second kappa shape index (κ2) is 39.7. The van der Waals surface area contributed by atoms with Crippen LogP contribution in [0.1, 0.15) is 113 Å². The van der Waals surface area contributed by atoms with Gasteiger partial charge >= 0.3 is 42.8 Å². The molecule has 44 heteroatoms. The monoisotopic (exact) mass is 1860 g/mol. The standard InChI is InChI=1S/C31H34FN5O5Si.C28H30FN5O3Si.2C15H16FN5O5/c1-6-31(19-40-43(30(3,4)5,21-14-10-8-11-15-21)22-16-12-9-13-17-22)23(41-29(38)39-7-2)18-24(42-31)37-20-34-25-26(33)35-28(32)36-27(25)37;1-5-28(21(35)16-22(37-28)34-18-31-23-24(30)32-26(29)33-25(23)34)17-36-38(27(2,3)4,19-12-8-6-9-13-19)20-14-10-7-11-15-20;2*1-3-15(6-22)8(25-14(23)24-4-2)5-9(26-15)21-7-18-10-11(17)19-13(16)20-12(10)21/h1,8-17,20,23-24H,7,18-19H2,2-5H3,(H2,33,35,36);1,6-15,18,21-22,35H,16-17H2,2-4H3,(H2,30,32,33);2*1,7-9,22H,4-6H2,2H3,(H2,17,19,20)/t23-,24+,31+;21-,22+,28+;2*8-,9+,15+/m0000/s1. The number of aromatic nitrogens is 16. The summed E-state index contributed by atoms with van der Waals surface area (Å²) in [6.07, 6.45) is 14.9. The summed E-state index contributed by atoms with van der Waals surface area (Å²) < 4.78 is 130. The predicted octanol–water partition coefficient (Wildman–Crippen LogP) is 7.48. The number of halogens is 4. The van der Waals surface area contributed by atoms with Gasteiger partial charge in [-0.3, -0.25) is 18.3 Å². The Bertz CT molecular complexity index is 6160. The molecule has 696 valence electrons. The molecule has 133 heavy (non-hydrogen) atoms. The summed E-state index contributed by atoms with van der Waals surface area (Å²) in [4.78, 5) is 81.4. The van der Waals surface area contributed by atoms with E-state index in [1.807, 2.05) is 72.8 Å². The minimum absolute atomic E-state index is 0.0490. The van der Waals surface area contributed by atoms with Crippen molar-refractivity contribution in [3.8, 4) is 49.4 Å². The third kappa shape index (κ3) is 19.1. The van der Waals surface area contributed by atoms with Crippen LogP contribution in [0.3, 0.4) is 0 Å².